The summed E-state index contributed by atoms with van der Waals surface area (Å²) in [5, 5.41) is 1.94. The highest BCUT2D eigenvalue weighted by Gasteiger charge is 2.21. The first-order chi connectivity index (χ1) is 14.2. The first kappa shape index (κ1) is 18.6. The van der Waals surface area contributed by atoms with Crippen molar-refractivity contribution in [3.63, 3.8) is 0 Å². The fraction of sp³-hybridized carbons (Fsp3) is 0.0800. The highest BCUT2D eigenvalue weighted by Crippen LogP contribution is 2.30. The number of carbonyl (C=O) groups excluding carboxylic acids is 1. The van der Waals surface area contributed by atoms with Crippen molar-refractivity contribution in [1.29, 1.82) is 0 Å². The minimum absolute atomic E-state index is 0.154. The number of carbonyl (C=O) groups is 1. The maximum Gasteiger partial charge on any atom is 0.273 e. The van der Waals surface area contributed by atoms with Crippen molar-refractivity contribution in [2.24, 2.45) is 0 Å². The van der Waals surface area contributed by atoms with Crippen LogP contribution in [0, 0.1) is 0 Å². The van der Waals surface area contributed by atoms with Gasteiger partial charge in [-0.3, -0.25) is 9.78 Å². The van der Waals surface area contributed by atoms with Gasteiger partial charge in [0.25, 0.3) is 5.91 Å². The number of hydrogen-bond donors (Lipinski definition) is 0. The Bertz CT molecular complexity index is 1200. The second-order valence-corrected chi connectivity index (χ2v) is 6.75. The van der Waals surface area contributed by atoms with Crippen molar-refractivity contribution in [3.05, 3.63) is 97.9 Å². The molecule has 0 aliphatic heterocycles. The second-order valence-electron chi connectivity index (χ2n) is 6.75. The zero-order valence-electron chi connectivity index (χ0n) is 16.1. The molecule has 0 N–H and O–H groups in total. The molecule has 4 aromatic rings. The Morgan fingerprint density at radius 3 is 2.34 bits per heavy atom. The number of pyridine rings is 2. The summed E-state index contributed by atoms with van der Waals surface area (Å²) in [5.41, 5.74) is 3.67. The van der Waals surface area contributed by atoms with E-state index in [1.165, 1.54) is 0 Å². The Hall–Kier alpha value is -3.79. The summed E-state index contributed by atoms with van der Waals surface area (Å²) in [7, 11) is 0. The summed E-state index contributed by atoms with van der Waals surface area (Å²) in [6.07, 6.45) is 5.17. The van der Waals surface area contributed by atoms with E-state index in [2.05, 4.69) is 18.1 Å². The van der Waals surface area contributed by atoms with E-state index >= 15 is 0 Å². The first-order valence-corrected chi connectivity index (χ1v) is 9.48. The Morgan fingerprint density at radius 1 is 0.897 bits per heavy atom. The average Bonchev–Trinajstić information content (AvgIpc) is 2.78. The van der Waals surface area contributed by atoms with Gasteiger partial charge in [0.2, 0.25) is 0 Å². The van der Waals surface area contributed by atoms with Gasteiger partial charge in [0.05, 0.1) is 11.0 Å². The number of benzene rings is 2. The second kappa shape index (κ2) is 8.07. The zero-order valence-corrected chi connectivity index (χ0v) is 16.1. The van der Waals surface area contributed by atoms with E-state index in [4.69, 9.17) is 4.98 Å². The first-order valence-electron chi connectivity index (χ1n) is 9.48. The molecule has 0 atom stereocenters. The summed E-state index contributed by atoms with van der Waals surface area (Å²) in [6, 6.07) is 19.8. The number of nitrogens with zero attached hydrogens (tertiary/aromatic N) is 3. The fourth-order valence-electron chi connectivity index (χ4n) is 3.48. The molecule has 4 heteroatoms. The summed E-state index contributed by atoms with van der Waals surface area (Å²) in [5.74, 6) is -0.154. The van der Waals surface area contributed by atoms with Gasteiger partial charge < -0.3 is 4.90 Å². The fourth-order valence-corrected chi connectivity index (χ4v) is 3.48. The molecule has 0 fully saturated rings. The van der Waals surface area contributed by atoms with Gasteiger partial charge in [-0.1, -0.05) is 60.7 Å². The van der Waals surface area contributed by atoms with E-state index < -0.39 is 0 Å². The van der Waals surface area contributed by atoms with Crippen LogP contribution in [0.5, 0.6) is 0 Å². The molecule has 0 aliphatic rings. The number of aromatic nitrogens is 2. The molecule has 0 unspecified atom stereocenters. The van der Waals surface area contributed by atoms with Gasteiger partial charge in [0.15, 0.2) is 0 Å². The van der Waals surface area contributed by atoms with Crippen molar-refractivity contribution in [2.75, 3.05) is 13.1 Å². The summed E-state index contributed by atoms with van der Waals surface area (Å²) in [4.78, 5) is 24.5. The largest absolute Gasteiger partial charge is 0.330 e. The smallest absolute Gasteiger partial charge is 0.273 e. The van der Waals surface area contributed by atoms with Crippen LogP contribution in [-0.4, -0.2) is 33.9 Å². The van der Waals surface area contributed by atoms with Gasteiger partial charge in [-0.25, -0.2) is 4.98 Å². The molecule has 0 radical (unpaired) electrons. The number of hydrogen-bond acceptors (Lipinski definition) is 3. The lowest BCUT2D eigenvalue weighted by Gasteiger charge is -2.21. The lowest BCUT2D eigenvalue weighted by atomic mass is 9.99. The van der Waals surface area contributed by atoms with Crippen LogP contribution in [-0.2, 0) is 0 Å². The SMILES string of the molecule is C=CCN(CC=C)C(=O)c1nc2c(ccc3cccnc32)cc1-c1ccccc1. The maximum atomic E-state index is 13.4. The molecule has 2 heterocycles. The molecule has 0 saturated carbocycles. The Morgan fingerprint density at radius 2 is 1.62 bits per heavy atom. The van der Waals surface area contributed by atoms with Gasteiger partial charge in [0.1, 0.15) is 5.69 Å². The standard InChI is InChI=1S/C25H21N3O/c1-3-15-28(16-4-2)25(29)24-21(18-9-6-5-7-10-18)17-20-13-12-19-11-8-14-26-22(19)23(20)27-24/h3-14,17H,1-2,15-16H2. The minimum Gasteiger partial charge on any atom is -0.330 e. The van der Waals surface area contributed by atoms with Crippen LogP contribution in [0.4, 0.5) is 0 Å². The quantitative estimate of drug-likeness (QED) is 0.339. The molecule has 0 spiro atoms. The van der Waals surface area contributed by atoms with Crippen molar-refractivity contribution >= 4 is 27.7 Å². The van der Waals surface area contributed by atoms with Gasteiger partial charge >= 0.3 is 0 Å². The summed E-state index contributed by atoms with van der Waals surface area (Å²) in [6.45, 7) is 8.39. The molecule has 2 aromatic heterocycles. The molecule has 142 valence electrons. The van der Waals surface area contributed by atoms with E-state index in [1.54, 1.807) is 23.2 Å². The molecule has 0 bridgehead atoms. The maximum absolute atomic E-state index is 13.4. The Labute approximate surface area is 169 Å². The van der Waals surface area contributed by atoms with Crippen molar-refractivity contribution in [2.45, 2.75) is 0 Å². The Kier molecular flexibility index (Phi) is 5.16. The van der Waals surface area contributed by atoms with Crippen LogP contribution in [0.25, 0.3) is 32.9 Å². The topological polar surface area (TPSA) is 46.1 Å². The minimum atomic E-state index is -0.154. The van der Waals surface area contributed by atoms with Gasteiger partial charge in [-0.05, 0) is 17.7 Å². The lowest BCUT2D eigenvalue weighted by molar-refractivity contribution is 0.0786. The van der Waals surface area contributed by atoms with Crippen molar-refractivity contribution in [1.82, 2.24) is 14.9 Å². The normalized spacial score (nSPS) is 10.8. The molecule has 1 amide bonds. The van der Waals surface area contributed by atoms with Crippen molar-refractivity contribution < 1.29 is 4.79 Å². The van der Waals surface area contributed by atoms with Crippen LogP contribution < -0.4 is 0 Å². The third-order valence-electron chi connectivity index (χ3n) is 4.83. The van der Waals surface area contributed by atoms with Crippen LogP contribution in [0.15, 0.2) is 92.2 Å². The summed E-state index contributed by atoms with van der Waals surface area (Å²) >= 11 is 0. The molecule has 0 aliphatic carbocycles. The van der Waals surface area contributed by atoms with E-state index in [0.29, 0.717) is 18.8 Å². The van der Waals surface area contributed by atoms with Crippen LogP contribution >= 0.6 is 0 Å². The molecule has 0 saturated heterocycles. The zero-order chi connectivity index (χ0) is 20.2. The van der Waals surface area contributed by atoms with Gasteiger partial charge in [-0.15, -0.1) is 13.2 Å². The van der Waals surface area contributed by atoms with Gasteiger partial charge in [-0.2, -0.15) is 0 Å². The molecular weight excluding hydrogens is 358 g/mol. The highest BCUT2D eigenvalue weighted by atomic mass is 16.2. The average molecular weight is 379 g/mol. The third kappa shape index (κ3) is 3.52. The van der Waals surface area contributed by atoms with Crippen LogP contribution in [0.1, 0.15) is 10.5 Å². The van der Waals surface area contributed by atoms with E-state index in [9.17, 15) is 4.79 Å². The summed E-state index contributed by atoms with van der Waals surface area (Å²) < 4.78 is 0. The number of amides is 1. The predicted molar refractivity (Wildman–Crippen MR) is 119 cm³/mol. The number of rotatable bonds is 6. The van der Waals surface area contributed by atoms with E-state index in [1.807, 2.05) is 60.7 Å². The van der Waals surface area contributed by atoms with Crippen molar-refractivity contribution in [3.8, 4) is 11.1 Å². The number of fused-ring (bicyclic) bond motifs is 3. The molecule has 4 nitrogen and oxygen atoms in total. The molecule has 29 heavy (non-hydrogen) atoms. The van der Waals surface area contributed by atoms with Crippen LogP contribution in [0.3, 0.4) is 0 Å². The molecular formula is C25H21N3O. The van der Waals surface area contributed by atoms with E-state index in [-0.39, 0.29) is 5.91 Å². The predicted octanol–water partition coefficient (Wildman–Crippen LogP) is 5.26. The lowest BCUT2D eigenvalue weighted by Crippen LogP contribution is -2.32. The molecule has 2 aromatic carbocycles. The third-order valence-corrected chi connectivity index (χ3v) is 4.83. The van der Waals surface area contributed by atoms with Crippen LogP contribution in [0.2, 0.25) is 0 Å². The van der Waals surface area contributed by atoms with Gasteiger partial charge in [0, 0.05) is 35.6 Å². The van der Waals surface area contributed by atoms with E-state index in [0.717, 1.165) is 32.9 Å². The Balaban J connectivity index is 2.00. The molecule has 4 rings (SSSR count). The highest BCUT2D eigenvalue weighted by molar-refractivity contribution is 6.08. The monoisotopic (exact) mass is 379 g/mol.